The van der Waals surface area contributed by atoms with E-state index in [-0.39, 0.29) is 18.8 Å². The second-order valence-corrected chi connectivity index (χ2v) is 12.2. The standard InChI is InChI=1S/C26H54NO7P/c1-5-6-7-8-9-10-11-12-13-14-15-16-17-18-19-20-24(28)23-25(29)26(30)34-35(31,32)33-22-21-27(2,3)4/h25-26,29-30H,5-23H2,1-4H3/p+1. The number of carbonyl (C=O) groups is 1. The van der Waals surface area contributed by atoms with E-state index in [0.717, 1.165) is 19.3 Å². The lowest BCUT2D eigenvalue weighted by molar-refractivity contribution is -0.870. The Hall–Kier alpha value is -0.340. The lowest BCUT2D eigenvalue weighted by Gasteiger charge is -2.25. The van der Waals surface area contributed by atoms with Crippen LogP contribution < -0.4 is 0 Å². The number of rotatable bonds is 25. The highest BCUT2D eigenvalue weighted by Gasteiger charge is 2.31. The van der Waals surface area contributed by atoms with Crippen molar-refractivity contribution in [1.82, 2.24) is 0 Å². The third kappa shape index (κ3) is 23.8. The molecule has 0 radical (unpaired) electrons. The van der Waals surface area contributed by atoms with Crippen molar-refractivity contribution >= 4 is 13.6 Å². The molecule has 9 heteroatoms. The zero-order valence-electron chi connectivity index (χ0n) is 23.0. The molecule has 0 spiro atoms. The van der Waals surface area contributed by atoms with Gasteiger partial charge in [-0.05, 0) is 6.42 Å². The molecule has 0 heterocycles. The van der Waals surface area contributed by atoms with Crippen molar-refractivity contribution in [1.29, 1.82) is 0 Å². The summed E-state index contributed by atoms with van der Waals surface area (Å²) in [5, 5.41) is 19.8. The van der Waals surface area contributed by atoms with Crippen LogP contribution in [0, 0.1) is 0 Å². The van der Waals surface area contributed by atoms with E-state index >= 15 is 0 Å². The van der Waals surface area contributed by atoms with Gasteiger partial charge in [-0.15, -0.1) is 0 Å². The Morgan fingerprint density at radius 1 is 0.800 bits per heavy atom. The van der Waals surface area contributed by atoms with Crippen molar-refractivity contribution in [2.75, 3.05) is 34.3 Å². The summed E-state index contributed by atoms with van der Waals surface area (Å²) in [6.07, 6.45) is 15.2. The van der Waals surface area contributed by atoms with Gasteiger partial charge in [0.25, 0.3) is 0 Å². The van der Waals surface area contributed by atoms with Crippen LogP contribution in [0.1, 0.15) is 116 Å². The molecule has 0 aliphatic rings. The molecule has 0 aliphatic heterocycles. The number of unbranched alkanes of at least 4 members (excludes halogenated alkanes) is 14. The monoisotopic (exact) mass is 524 g/mol. The lowest BCUT2D eigenvalue weighted by atomic mass is 10.0. The third-order valence-electron chi connectivity index (χ3n) is 6.08. The first kappa shape index (κ1) is 34.7. The molecule has 0 aromatic rings. The van der Waals surface area contributed by atoms with Crippen molar-refractivity contribution < 1.29 is 38.0 Å². The van der Waals surface area contributed by atoms with Crippen molar-refractivity contribution in [2.24, 2.45) is 0 Å². The molecule has 0 bridgehead atoms. The predicted molar refractivity (Wildman–Crippen MR) is 141 cm³/mol. The number of quaternary nitrogens is 1. The van der Waals surface area contributed by atoms with Crippen LogP contribution in [0.3, 0.4) is 0 Å². The van der Waals surface area contributed by atoms with Gasteiger partial charge in [0.15, 0.2) is 6.29 Å². The fourth-order valence-corrected chi connectivity index (χ4v) is 4.58. The number of nitrogens with zero attached hydrogens (tertiary/aromatic N) is 1. The van der Waals surface area contributed by atoms with Crippen LogP contribution in [0.25, 0.3) is 0 Å². The van der Waals surface area contributed by atoms with Crippen molar-refractivity contribution in [3.63, 3.8) is 0 Å². The van der Waals surface area contributed by atoms with Gasteiger partial charge in [-0.2, -0.15) is 0 Å². The normalized spacial score (nSPS) is 15.6. The number of likely N-dealkylation sites (N-methyl/N-ethyl adjacent to an activating group) is 1. The van der Waals surface area contributed by atoms with Gasteiger partial charge in [0, 0.05) is 12.8 Å². The van der Waals surface area contributed by atoms with Gasteiger partial charge in [0.05, 0.1) is 21.1 Å². The minimum atomic E-state index is -4.52. The van der Waals surface area contributed by atoms with Crippen molar-refractivity contribution in [2.45, 2.75) is 128 Å². The number of phosphoric ester groups is 1. The Kier molecular flexibility index (Phi) is 20.5. The van der Waals surface area contributed by atoms with Gasteiger partial charge < -0.3 is 19.6 Å². The highest BCUT2D eigenvalue weighted by molar-refractivity contribution is 7.47. The number of hydrogen-bond acceptors (Lipinski definition) is 6. The lowest BCUT2D eigenvalue weighted by Crippen LogP contribution is -2.37. The highest BCUT2D eigenvalue weighted by atomic mass is 31.2. The first-order valence-corrected chi connectivity index (χ1v) is 15.3. The Morgan fingerprint density at radius 2 is 1.23 bits per heavy atom. The fourth-order valence-electron chi connectivity index (χ4n) is 3.80. The molecule has 3 unspecified atom stereocenters. The number of ketones is 1. The average Bonchev–Trinajstić information content (AvgIpc) is 2.74. The fraction of sp³-hybridized carbons (Fsp3) is 0.962. The largest absolute Gasteiger partial charge is 0.474 e. The molecule has 0 saturated carbocycles. The third-order valence-corrected chi connectivity index (χ3v) is 7.07. The Balaban J connectivity index is 3.69. The van der Waals surface area contributed by atoms with Gasteiger partial charge in [0.2, 0.25) is 0 Å². The minimum Gasteiger partial charge on any atom is -0.387 e. The van der Waals surface area contributed by atoms with E-state index in [1.807, 2.05) is 21.1 Å². The second kappa shape index (κ2) is 20.7. The number of hydrogen-bond donors (Lipinski definition) is 3. The average molecular weight is 525 g/mol. The van der Waals surface area contributed by atoms with E-state index in [1.54, 1.807) is 0 Å². The van der Waals surface area contributed by atoms with E-state index in [1.165, 1.54) is 77.0 Å². The van der Waals surface area contributed by atoms with Gasteiger partial charge in [0.1, 0.15) is 25.0 Å². The quantitative estimate of drug-likeness (QED) is 0.0605. The summed E-state index contributed by atoms with van der Waals surface area (Å²) >= 11 is 0. The summed E-state index contributed by atoms with van der Waals surface area (Å²) < 4.78 is 21.8. The molecule has 0 amide bonds. The van der Waals surface area contributed by atoms with Crippen LogP contribution in [0.5, 0.6) is 0 Å². The second-order valence-electron chi connectivity index (χ2n) is 10.8. The van der Waals surface area contributed by atoms with Crippen LogP contribution in [-0.4, -0.2) is 72.1 Å². The van der Waals surface area contributed by atoms with Gasteiger partial charge in [-0.25, -0.2) is 4.57 Å². The van der Waals surface area contributed by atoms with Gasteiger partial charge >= 0.3 is 7.82 Å². The van der Waals surface area contributed by atoms with Crippen molar-refractivity contribution in [3.05, 3.63) is 0 Å². The van der Waals surface area contributed by atoms with Crippen molar-refractivity contribution in [3.8, 4) is 0 Å². The molecule has 0 aromatic carbocycles. The maximum absolute atomic E-state index is 12.0. The number of phosphoric acid groups is 1. The van der Waals surface area contributed by atoms with Gasteiger partial charge in [-0.1, -0.05) is 96.8 Å². The van der Waals surface area contributed by atoms with Crippen LogP contribution in [0.2, 0.25) is 0 Å². The predicted octanol–water partition coefficient (Wildman–Crippen LogP) is 5.73. The highest BCUT2D eigenvalue weighted by Crippen LogP contribution is 2.44. The van der Waals surface area contributed by atoms with E-state index in [9.17, 15) is 24.5 Å². The van der Waals surface area contributed by atoms with E-state index in [2.05, 4.69) is 11.4 Å². The molecule has 35 heavy (non-hydrogen) atoms. The van der Waals surface area contributed by atoms with Crippen LogP contribution in [0.4, 0.5) is 0 Å². The molecule has 210 valence electrons. The summed E-state index contributed by atoms with van der Waals surface area (Å²) in [7, 11) is 1.18. The Bertz CT molecular complexity index is 568. The topological polar surface area (TPSA) is 113 Å². The summed E-state index contributed by atoms with van der Waals surface area (Å²) in [5.41, 5.74) is 0. The number of Topliss-reactive ketones (excluding diaryl/α,β-unsaturated/α-hetero) is 1. The molecule has 3 N–H and O–H groups in total. The van der Waals surface area contributed by atoms with Crippen LogP contribution >= 0.6 is 7.82 Å². The Morgan fingerprint density at radius 3 is 1.66 bits per heavy atom. The van der Waals surface area contributed by atoms with E-state index in [0.29, 0.717) is 17.4 Å². The smallest absolute Gasteiger partial charge is 0.387 e. The number of aliphatic hydroxyl groups excluding tert-OH is 2. The molecule has 0 aromatic heterocycles. The zero-order chi connectivity index (χ0) is 26.6. The van der Waals surface area contributed by atoms with E-state index < -0.39 is 20.2 Å². The molecule has 0 aliphatic carbocycles. The summed E-state index contributed by atoms with van der Waals surface area (Å²) in [6, 6.07) is 0. The molecule has 8 nitrogen and oxygen atoms in total. The maximum Gasteiger partial charge on any atom is 0.474 e. The Labute approximate surface area is 214 Å². The zero-order valence-corrected chi connectivity index (χ0v) is 23.9. The van der Waals surface area contributed by atoms with Crippen LogP contribution in [-0.2, 0) is 18.4 Å². The molecule has 3 atom stereocenters. The number of carbonyl (C=O) groups excluding carboxylic acids is 1. The number of aliphatic hydroxyl groups is 2. The first-order valence-electron chi connectivity index (χ1n) is 13.8. The minimum absolute atomic E-state index is 0.0434. The van der Waals surface area contributed by atoms with Gasteiger partial charge in [-0.3, -0.25) is 13.8 Å². The summed E-state index contributed by atoms with van der Waals surface area (Å²) in [5.74, 6) is -0.200. The first-order chi connectivity index (χ1) is 16.5. The molecular weight excluding hydrogens is 469 g/mol. The van der Waals surface area contributed by atoms with Crippen LogP contribution in [0.15, 0.2) is 0 Å². The summed E-state index contributed by atoms with van der Waals surface area (Å²) in [6.45, 7) is 2.67. The molecule has 0 fully saturated rings. The summed E-state index contributed by atoms with van der Waals surface area (Å²) in [4.78, 5) is 21.7. The molecular formula is C26H55NO7P+. The maximum atomic E-state index is 12.0. The molecule has 0 saturated heterocycles. The molecule has 0 rings (SSSR count). The SMILES string of the molecule is CCCCCCCCCCCCCCCCCC(=O)CC(O)C(O)OP(=O)(O)OCC[N+](C)(C)C. The van der Waals surface area contributed by atoms with E-state index in [4.69, 9.17) is 4.52 Å².